The normalized spacial score (nSPS) is 11.3. The minimum atomic E-state index is -3.86. The van der Waals surface area contributed by atoms with E-state index in [2.05, 4.69) is 25.6 Å². The molecule has 0 spiro atoms. The zero-order valence-corrected chi connectivity index (χ0v) is 13.4. The fourth-order valence-electron chi connectivity index (χ4n) is 1.55. The van der Waals surface area contributed by atoms with Gasteiger partial charge in [-0.05, 0) is 52.7 Å². The van der Waals surface area contributed by atoms with Crippen LogP contribution in [0.25, 0.3) is 0 Å². The topological polar surface area (TPSA) is 79.3 Å². The molecule has 0 radical (unpaired) electrons. The summed E-state index contributed by atoms with van der Waals surface area (Å²) < 4.78 is 27.5. The van der Waals surface area contributed by atoms with E-state index in [0.29, 0.717) is 15.7 Å². The van der Waals surface area contributed by atoms with Crippen molar-refractivity contribution in [3.63, 3.8) is 0 Å². The number of sulfonamides is 1. The Morgan fingerprint density at radius 1 is 1.35 bits per heavy atom. The highest BCUT2D eigenvalue weighted by atomic mass is 79.9. The Kier molecular flexibility index (Phi) is 4.22. The number of pyridine rings is 1. The third-order valence-electron chi connectivity index (χ3n) is 2.52. The standard InChI is InChI=1S/C12H10BrClN2O3S/c1-7-4-9(17)2-3-10(7)16-20(18,19)11-5-8(13)6-15-12(11)14/h2-6,16-17H,1H3. The molecule has 0 atom stereocenters. The molecule has 0 bridgehead atoms. The van der Waals surface area contributed by atoms with E-state index < -0.39 is 10.0 Å². The molecule has 2 rings (SSSR count). The van der Waals surface area contributed by atoms with Gasteiger partial charge in [-0.1, -0.05) is 11.6 Å². The number of hydrogen-bond donors (Lipinski definition) is 2. The van der Waals surface area contributed by atoms with Crippen LogP contribution in [0.3, 0.4) is 0 Å². The van der Waals surface area contributed by atoms with E-state index >= 15 is 0 Å². The average Bonchev–Trinajstić information content (AvgIpc) is 2.35. The second-order valence-electron chi connectivity index (χ2n) is 4.05. The molecule has 20 heavy (non-hydrogen) atoms. The van der Waals surface area contributed by atoms with Gasteiger partial charge in [0.25, 0.3) is 10.0 Å². The van der Waals surface area contributed by atoms with Crippen molar-refractivity contribution in [1.29, 1.82) is 0 Å². The van der Waals surface area contributed by atoms with E-state index in [1.165, 1.54) is 30.5 Å². The second-order valence-corrected chi connectivity index (χ2v) is 6.97. The highest BCUT2D eigenvalue weighted by Crippen LogP contribution is 2.27. The van der Waals surface area contributed by atoms with Gasteiger partial charge in [0, 0.05) is 10.7 Å². The second kappa shape index (κ2) is 5.59. The van der Waals surface area contributed by atoms with Crippen molar-refractivity contribution >= 4 is 43.2 Å². The molecular weight excluding hydrogens is 368 g/mol. The number of nitrogens with zero attached hydrogens (tertiary/aromatic N) is 1. The minimum absolute atomic E-state index is 0.0626. The molecule has 0 aliphatic heterocycles. The molecule has 0 amide bonds. The summed E-state index contributed by atoms with van der Waals surface area (Å²) in [6, 6.07) is 5.69. The van der Waals surface area contributed by atoms with E-state index in [0.717, 1.165) is 0 Å². The van der Waals surface area contributed by atoms with Gasteiger partial charge in [0.2, 0.25) is 0 Å². The van der Waals surface area contributed by atoms with Gasteiger partial charge in [0.15, 0.2) is 0 Å². The molecule has 1 heterocycles. The Morgan fingerprint density at radius 3 is 2.70 bits per heavy atom. The number of halogens is 2. The molecule has 2 N–H and O–H groups in total. The predicted molar refractivity (Wildman–Crippen MR) is 80.6 cm³/mol. The quantitative estimate of drug-likeness (QED) is 0.635. The third-order valence-corrected chi connectivity index (χ3v) is 4.74. The smallest absolute Gasteiger partial charge is 0.265 e. The van der Waals surface area contributed by atoms with Gasteiger partial charge < -0.3 is 5.11 Å². The molecule has 0 unspecified atom stereocenters. The van der Waals surface area contributed by atoms with Crippen molar-refractivity contribution in [1.82, 2.24) is 4.98 Å². The Labute approximate surface area is 129 Å². The molecule has 1 aromatic heterocycles. The summed E-state index contributed by atoms with van der Waals surface area (Å²) in [6.45, 7) is 1.68. The third kappa shape index (κ3) is 3.23. The largest absolute Gasteiger partial charge is 0.508 e. The fraction of sp³-hybridized carbons (Fsp3) is 0.0833. The minimum Gasteiger partial charge on any atom is -0.508 e. The van der Waals surface area contributed by atoms with Crippen LogP contribution in [0.2, 0.25) is 5.15 Å². The molecule has 0 aliphatic rings. The Morgan fingerprint density at radius 2 is 2.05 bits per heavy atom. The maximum atomic E-state index is 12.3. The first-order valence-electron chi connectivity index (χ1n) is 5.43. The van der Waals surface area contributed by atoms with Crippen LogP contribution in [-0.2, 0) is 10.0 Å². The lowest BCUT2D eigenvalue weighted by atomic mass is 10.2. The van der Waals surface area contributed by atoms with Crippen LogP contribution in [0.5, 0.6) is 5.75 Å². The number of hydrogen-bond acceptors (Lipinski definition) is 4. The zero-order valence-electron chi connectivity index (χ0n) is 10.3. The molecule has 0 aliphatic carbocycles. The van der Waals surface area contributed by atoms with E-state index in [1.807, 2.05) is 0 Å². The van der Waals surface area contributed by atoms with Crippen molar-refractivity contribution in [2.24, 2.45) is 0 Å². The number of aromatic hydroxyl groups is 1. The molecule has 0 saturated carbocycles. The summed E-state index contributed by atoms with van der Waals surface area (Å²) in [7, 11) is -3.86. The number of phenols is 1. The summed E-state index contributed by atoms with van der Waals surface area (Å²) in [4.78, 5) is 3.66. The molecule has 2 aromatic rings. The molecule has 0 saturated heterocycles. The van der Waals surface area contributed by atoms with Crippen molar-refractivity contribution in [3.8, 4) is 5.75 Å². The molecule has 8 heteroatoms. The molecule has 106 valence electrons. The lowest BCUT2D eigenvalue weighted by Gasteiger charge is -2.11. The van der Waals surface area contributed by atoms with Gasteiger partial charge >= 0.3 is 0 Å². The zero-order chi connectivity index (χ0) is 14.9. The van der Waals surface area contributed by atoms with Crippen LogP contribution >= 0.6 is 27.5 Å². The van der Waals surface area contributed by atoms with Gasteiger partial charge in [-0.15, -0.1) is 0 Å². The molecule has 0 fully saturated rings. The number of aromatic nitrogens is 1. The highest BCUT2D eigenvalue weighted by molar-refractivity contribution is 9.10. The average molecular weight is 378 g/mol. The summed E-state index contributed by atoms with van der Waals surface area (Å²) in [5.74, 6) is 0.0626. The van der Waals surface area contributed by atoms with E-state index in [1.54, 1.807) is 6.92 Å². The van der Waals surface area contributed by atoms with Crippen molar-refractivity contribution in [2.45, 2.75) is 11.8 Å². The number of benzene rings is 1. The first kappa shape index (κ1) is 15.1. The Balaban J connectivity index is 2.43. The van der Waals surface area contributed by atoms with Crippen molar-refractivity contribution in [2.75, 3.05) is 4.72 Å². The van der Waals surface area contributed by atoms with Crippen LogP contribution < -0.4 is 4.72 Å². The van der Waals surface area contributed by atoms with Gasteiger partial charge in [-0.2, -0.15) is 0 Å². The van der Waals surface area contributed by atoms with Gasteiger partial charge in [-0.25, -0.2) is 13.4 Å². The van der Waals surface area contributed by atoms with Crippen molar-refractivity contribution in [3.05, 3.63) is 45.7 Å². The number of phenolic OH excluding ortho intramolecular Hbond substituents is 1. The highest BCUT2D eigenvalue weighted by Gasteiger charge is 2.20. The van der Waals surface area contributed by atoms with E-state index in [9.17, 15) is 13.5 Å². The fourth-order valence-corrected chi connectivity index (χ4v) is 3.63. The number of nitrogens with one attached hydrogen (secondary N) is 1. The lowest BCUT2D eigenvalue weighted by Crippen LogP contribution is -2.14. The van der Waals surface area contributed by atoms with E-state index in [4.69, 9.17) is 11.6 Å². The van der Waals surface area contributed by atoms with Gasteiger partial charge in [0.05, 0.1) is 5.69 Å². The van der Waals surface area contributed by atoms with Gasteiger partial charge in [0.1, 0.15) is 15.8 Å². The molecule has 1 aromatic carbocycles. The van der Waals surface area contributed by atoms with Crippen LogP contribution in [-0.4, -0.2) is 18.5 Å². The summed E-state index contributed by atoms with van der Waals surface area (Å²) in [5, 5.41) is 9.21. The molecule has 5 nitrogen and oxygen atoms in total. The van der Waals surface area contributed by atoms with Crippen molar-refractivity contribution < 1.29 is 13.5 Å². The number of aryl methyl sites for hydroxylation is 1. The van der Waals surface area contributed by atoms with Crippen LogP contribution in [0, 0.1) is 6.92 Å². The lowest BCUT2D eigenvalue weighted by molar-refractivity contribution is 0.475. The van der Waals surface area contributed by atoms with E-state index in [-0.39, 0.29) is 15.8 Å². The van der Waals surface area contributed by atoms with Gasteiger partial charge in [-0.3, -0.25) is 4.72 Å². The summed E-state index contributed by atoms with van der Waals surface area (Å²) >= 11 is 8.97. The maximum Gasteiger partial charge on any atom is 0.265 e. The number of anilines is 1. The van der Waals surface area contributed by atoms with Crippen LogP contribution in [0.4, 0.5) is 5.69 Å². The van der Waals surface area contributed by atoms with Crippen LogP contribution in [0.1, 0.15) is 5.56 Å². The molecular formula is C12H10BrClN2O3S. The summed E-state index contributed by atoms with van der Waals surface area (Å²) in [5.41, 5.74) is 0.950. The first-order chi connectivity index (χ1) is 9.29. The Hall–Kier alpha value is -1.31. The Bertz CT molecular complexity index is 765. The predicted octanol–water partition coefficient (Wildman–Crippen LogP) is 3.31. The number of rotatable bonds is 3. The maximum absolute atomic E-state index is 12.3. The SMILES string of the molecule is Cc1cc(O)ccc1NS(=O)(=O)c1cc(Br)cnc1Cl. The van der Waals surface area contributed by atoms with Crippen LogP contribution in [0.15, 0.2) is 39.8 Å². The summed E-state index contributed by atoms with van der Waals surface area (Å²) in [6.07, 6.45) is 1.41. The first-order valence-corrected chi connectivity index (χ1v) is 8.08. The monoisotopic (exact) mass is 376 g/mol.